The Morgan fingerprint density at radius 2 is 1.33 bits per heavy atom. The maximum absolute atomic E-state index is 10.4. The first-order chi connectivity index (χ1) is 14.7. The molecule has 0 aromatic carbocycles. The molecule has 0 radical (unpaired) electrons. The highest BCUT2D eigenvalue weighted by Gasteiger charge is 2.27. The third kappa shape index (κ3) is 17.5. The van der Waals surface area contributed by atoms with Crippen molar-refractivity contribution in [2.45, 2.75) is 129 Å². The average molecular weight is 417 g/mol. The number of aliphatic carboxylic acids is 1. The van der Waals surface area contributed by atoms with Crippen molar-refractivity contribution in [3.05, 3.63) is 36.0 Å². The molecule has 0 saturated heterocycles. The molecule has 1 saturated carbocycles. The van der Waals surface area contributed by atoms with Crippen molar-refractivity contribution in [1.82, 2.24) is 0 Å². The first kappa shape index (κ1) is 26.7. The molecule has 0 bridgehead atoms. The van der Waals surface area contributed by atoms with Gasteiger partial charge in [0.25, 0.3) is 0 Å². The fraction of sp³-hybridized carbons (Fsp3) is 0.750. The van der Waals surface area contributed by atoms with Crippen LogP contribution in [0.15, 0.2) is 36.0 Å². The lowest BCUT2D eigenvalue weighted by molar-refractivity contribution is -0.137. The van der Waals surface area contributed by atoms with E-state index in [1.165, 1.54) is 89.9 Å². The summed E-state index contributed by atoms with van der Waals surface area (Å²) in [5.74, 6) is 0.199. The number of carbonyl (C=O) groups is 1. The van der Waals surface area contributed by atoms with Gasteiger partial charge < -0.3 is 5.11 Å². The normalized spacial score (nSPS) is 17.5. The number of carboxylic acids is 1. The molecule has 1 aliphatic carbocycles. The molecule has 1 rings (SSSR count). The summed E-state index contributed by atoms with van der Waals surface area (Å²) in [6.45, 7) is 2.28. The van der Waals surface area contributed by atoms with Gasteiger partial charge in [0.1, 0.15) is 0 Å². The van der Waals surface area contributed by atoms with Crippen molar-refractivity contribution in [3.63, 3.8) is 0 Å². The molecule has 0 spiro atoms. The molecular formula is C28H48O2. The lowest BCUT2D eigenvalue weighted by Crippen LogP contribution is -1.92. The Bertz CT molecular complexity index is 501. The number of rotatable bonds is 21. The van der Waals surface area contributed by atoms with Gasteiger partial charge >= 0.3 is 5.97 Å². The molecule has 172 valence electrons. The second-order valence-corrected chi connectivity index (χ2v) is 9.03. The third-order valence-electron chi connectivity index (χ3n) is 6.08. The summed E-state index contributed by atoms with van der Waals surface area (Å²) < 4.78 is 0. The van der Waals surface area contributed by atoms with E-state index in [-0.39, 0.29) is 6.42 Å². The fourth-order valence-corrected chi connectivity index (χ4v) is 4.02. The highest BCUT2D eigenvalue weighted by molar-refractivity contribution is 5.66. The zero-order valence-electron chi connectivity index (χ0n) is 19.8. The summed E-state index contributed by atoms with van der Waals surface area (Å²) >= 11 is 0. The van der Waals surface area contributed by atoms with E-state index in [9.17, 15) is 4.79 Å². The molecule has 0 amide bonds. The van der Waals surface area contributed by atoms with Gasteiger partial charge in [-0.05, 0) is 70.1 Å². The van der Waals surface area contributed by atoms with Crippen LogP contribution in [0.3, 0.4) is 0 Å². The first-order valence-corrected chi connectivity index (χ1v) is 12.9. The Morgan fingerprint density at radius 3 is 2.00 bits per heavy atom. The average Bonchev–Trinajstić information content (AvgIpc) is 3.48. The summed E-state index contributed by atoms with van der Waals surface area (Å²) in [6, 6.07) is 0. The van der Waals surface area contributed by atoms with Crippen molar-refractivity contribution in [1.29, 1.82) is 0 Å². The molecule has 0 heterocycles. The topological polar surface area (TPSA) is 37.3 Å². The Labute approximate surface area is 186 Å². The monoisotopic (exact) mass is 416 g/mol. The van der Waals surface area contributed by atoms with Crippen molar-refractivity contribution in [3.8, 4) is 0 Å². The summed E-state index contributed by atoms with van der Waals surface area (Å²) in [5, 5.41) is 8.59. The largest absolute Gasteiger partial charge is 0.481 e. The highest BCUT2D eigenvalue weighted by atomic mass is 16.4. The van der Waals surface area contributed by atoms with Gasteiger partial charge in [-0.15, -0.1) is 0 Å². The minimum atomic E-state index is -0.691. The van der Waals surface area contributed by atoms with Gasteiger partial charge in [-0.25, -0.2) is 0 Å². The molecule has 0 unspecified atom stereocenters. The van der Waals surface area contributed by atoms with E-state index in [0.29, 0.717) is 0 Å². The van der Waals surface area contributed by atoms with E-state index >= 15 is 0 Å². The lowest BCUT2D eigenvalue weighted by atomic mass is 10.1. The van der Waals surface area contributed by atoms with Gasteiger partial charge in [0, 0.05) is 6.42 Å². The standard InChI is InChI=1S/C28H48O2/c1-2-3-4-5-6-7-8-9-10-11-12-13-16-19-22-26-25-27(26)23-20-17-14-15-18-21-24-28(29)30/h9-10,14-15,23,26H,2-8,11-13,16-22,24-25H2,1H3,(H,29,30)/b10-9-,15-14-,27-23?/t26-/m1/s1. The quantitative estimate of drug-likeness (QED) is 0.149. The van der Waals surface area contributed by atoms with E-state index in [2.05, 4.69) is 37.3 Å². The van der Waals surface area contributed by atoms with Crippen LogP contribution in [0.25, 0.3) is 0 Å². The second-order valence-electron chi connectivity index (χ2n) is 9.03. The van der Waals surface area contributed by atoms with Crippen LogP contribution in [0.2, 0.25) is 0 Å². The Hall–Kier alpha value is -1.31. The molecule has 0 aliphatic heterocycles. The zero-order valence-corrected chi connectivity index (χ0v) is 19.8. The van der Waals surface area contributed by atoms with Gasteiger partial charge in [0.2, 0.25) is 0 Å². The number of unbranched alkanes of at least 4 members (excludes halogenated alkanes) is 12. The molecule has 30 heavy (non-hydrogen) atoms. The van der Waals surface area contributed by atoms with Gasteiger partial charge in [0.05, 0.1) is 0 Å². The molecule has 0 aromatic rings. The van der Waals surface area contributed by atoms with Crippen LogP contribution in [0, 0.1) is 5.92 Å². The molecule has 1 fully saturated rings. The van der Waals surface area contributed by atoms with E-state index in [0.717, 1.165) is 31.6 Å². The zero-order chi connectivity index (χ0) is 21.7. The number of allylic oxidation sites excluding steroid dienone is 6. The van der Waals surface area contributed by atoms with E-state index in [1.54, 1.807) is 5.57 Å². The van der Waals surface area contributed by atoms with Gasteiger partial charge in [-0.3, -0.25) is 4.79 Å². The van der Waals surface area contributed by atoms with Gasteiger partial charge in [0.15, 0.2) is 0 Å². The fourth-order valence-electron chi connectivity index (χ4n) is 4.02. The number of carboxylic acid groups (broad SMARTS) is 1. The molecule has 0 aromatic heterocycles. The van der Waals surface area contributed by atoms with Crippen molar-refractivity contribution in [2.24, 2.45) is 5.92 Å². The Balaban J connectivity index is 1.82. The van der Waals surface area contributed by atoms with Crippen molar-refractivity contribution < 1.29 is 9.90 Å². The van der Waals surface area contributed by atoms with Crippen LogP contribution in [-0.4, -0.2) is 11.1 Å². The minimum absolute atomic E-state index is 0.284. The first-order valence-electron chi connectivity index (χ1n) is 12.9. The number of hydrogen-bond acceptors (Lipinski definition) is 1. The lowest BCUT2D eigenvalue weighted by Gasteiger charge is -1.99. The van der Waals surface area contributed by atoms with Gasteiger partial charge in [-0.1, -0.05) is 94.2 Å². The minimum Gasteiger partial charge on any atom is -0.481 e. The maximum Gasteiger partial charge on any atom is 0.303 e. The summed E-state index contributed by atoms with van der Waals surface area (Å²) in [7, 11) is 0. The van der Waals surface area contributed by atoms with E-state index in [4.69, 9.17) is 5.11 Å². The van der Waals surface area contributed by atoms with E-state index in [1.807, 2.05) is 0 Å². The molecular weight excluding hydrogens is 368 g/mol. The molecule has 2 heteroatoms. The highest BCUT2D eigenvalue weighted by Crippen LogP contribution is 2.42. The van der Waals surface area contributed by atoms with Crippen LogP contribution in [0.4, 0.5) is 0 Å². The summed E-state index contributed by atoms with van der Waals surface area (Å²) in [6.07, 6.45) is 35.0. The molecule has 1 N–H and O–H groups in total. The number of hydrogen-bond donors (Lipinski definition) is 1. The van der Waals surface area contributed by atoms with Crippen LogP contribution in [0.1, 0.15) is 129 Å². The Morgan fingerprint density at radius 1 is 0.767 bits per heavy atom. The summed E-state index contributed by atoms with van der Waals surface area (Å²) in [4.78, 5) is 10.4. The predicted octanol–water partition coefficient (Wildman–Crippen LogP) is 9.17. The SMILES string of the molecule is CCCCCCCC/C=C\CCCCCC[C@@H]1CC1=CCC/C=C\CCCC(=O)O. The molecule has 1 aliphatic rings. The second kappa shape index (κ2) is 19.6. The smallest absolute Gasteiger partial charge is 0.303 e. The van der Waals surface area contributed by atoms with Crippen LogP contribution >= 0.6 is 0 Å². The van der Waals surface area contributed by atoms with Gasteiger partial charge in [-0.2, -0.15) is 0 Å². The van der Waals surface area contributed by atoms with E-state index < -0.39 is 5.97 Å². The van der Waals surface area contributed by atoms with Crippen LogP contribution in [0.5, 0.6) is 0 Å². The summed E-state index contributed by atoms with van der Waals surface area (Å²) in [5.41, 5.74) is 1.69. The van der Waals surface area contributed by atoms with Crippen molar-refractivity contribution in [2.75, 3.05) is 0 Å². The Kier molecular flexibility index (Phi) is 17.5. The molecule has 2 nitrogen and oxygen atoms in total. The van der Waals surface area contributed by atoms with Crippen LogP contribution < -0.4 is 0 Å². The predicted molar refractivity (Wildman–Crippen MR) is 131 cm³/mol. The third-order valence-corrected chi connectivity index (χ3v) is 6.08. The maximum atomic E-state index is 10.4. The molecule has 1 atom stereocenters. The van der Waals surface area contributed by atoms with Crippen LogP contribution in [-0.2, 0) is 4.79 Å². The van der Waals surface area contributed by atoms with Crippen molar-refractivity contribution >= 4 is 5.97 Å².